The molecule has 4 nitrogen and oxygen atoms in total. The van der Waals surface area contributed by atoms with Crippen molar-refractivity contribution in [1.29, 1.82) is 0 Å². The number of anilines is 1. The van der Waals surface area contributed by atoms with E-state index >= 15 is 0 Å². The second kappa shape index (κ2) is 4.58. The fraction of sp³-hybridized carbons (Fsp3) is 0.467. The summed E-state index contributed by atoms with van der Waals surface area (Å²) in [6, 6.07) is 6.44. The van der Waals surface area contributed by atoms with E-state index in [9.17, 15) is 0 Å². The number of rotatable bonds is 2. The smallest absolute Gasteiger partial charge is 0.124 e. The lowest BCUT2D eigenvalue weighted by molar-refractivity contribution is 0.283. The van der Waals surface area contributed by atoms with Crippen molar-refractivity contribution in [3.63, 3.8) is 0 Å². The fourth-order valence-electron chi connectivity index (χ4n) is 3.24. The van der Waals surface area contributed by atoms with E-state index in [-0.39, 0.29) is 5.41 Å². The van der Waals surface area contributed by atoms with Crippen molar-refractivity contribution >= 4 is 21.7 Å². The van der Waals surface area contributed by atoms with Gasteiger partial charge in [-0.05, 0) is 47.3 Å². The number of nitrogens with one attached hydrogen (secondary N) is 1. The molecule has 5 heteroatoms. The number of aryl methyl sites for hydroxylation is 1. The van der Waals surface area contributed by atoms with Gasteiger partial charge in [0.2, 0.25) is 0 Å². The fourth-order valence-corrected chi connectivity index (χ4v) is 3.48. The van der Waals surface area contributed by atoms with Crippen LogP contribution in [0.2, 0.25) is 0 Å². The van der Waals surface area contributed by atoms with Gasteiger partial charge < -0.3 is 5.32 Å². The second-order valence-corrected chi connectivity index (χ2v) is 6.63. The highest BCUT2D eigenvalue weighted by molar-refractivity contribution is 9.10. The molecule has 0 amide bonds. The number of pyridine rings is 1. The van der Waals surface area contributed by atoms with Crippen LogP contribution in [0, 0.1) is 0 Å². The summed E-state index contributed by atoms with van der Waals surface area (Å²) in [5.41, 5.74) is 2.37. The highest BCUT2D eigenvalue weighted by Crippen LogP contribution is 2.48. The van der Waals surface area contributed by atoms with Crippen molar-refractivity contribution in [1.82, 2.24) is 14.8 Å². The van der Waals surface area contributed by atoms with E-state index in [2.05, 4.69) is 49.1 Å². The maximum atomic E-state index is 4.85. The molecule has 1 fully saturated rings. The SMILES string of the molecule is Brc1ccc(C2(c3cc4n(n3)CCCN4)CCC2)nc1. The Morgan fingerprint density at radius 2 is 2.10 bits per heavy atom. The maximum absolute atomic E-state index is 4.85. The van der Waals surface area contributed by atoms with Gasteiger partial charge in [0.15, 0.2) is 0 Å². The number of aromatic nitrogens is 3. The number of hydrogen-bond acceptors (Lipinski definition) is 3. The minimum Gasteiger partial charge on any atom is -0.370 e. The van der Waals surface area contributed by atoms with E-state index < -0.39 is 0 Å². The molecule has 0 spiro atoms. The molecule has 1 N–H and O–H groups in total. The van der Waals surface area contributed by atoms with Gasteiger partial charge in [-0.25, -0.2) is 4.68 Å². The van der Waals surface area contributed by atoms with Crippen molar-refractivity contribution in [3.05, 3.63) is 40.3 Å². The first-order chi connectivity index (χ1) is 9.78. The van der Waals surface area contributed by atoms with Gasteiger partial charge in [-0.1, -0.05) is 6.42 Å². The third-order valence-electron chi connectivity index (χ3n) is 4.55. The van der Waals surface area contributed by atoms with Gasteiger partial charge in [-0.2, -0.15) is 5.10 Å². The van der Waals surface area contributed by atoms with Crippen molar-refractivity contribution in [3.8, 4) is 0 Å². The highest BCUT2D eigenvalue weighted by Gasteiger charge is 2.44. The van der Waals surface area contributed by atoms with E-state index in [1.165, 1.54) is 12.1 Å². The molecule has 0 atom stereocenters. The lowest BCUT2D eigenvalue weighted by atomic mass is 9.64. The molecular formula is C15H17BrN4. The van der Waals surface area contributed by atoms with Gasteiger partial charge in [-0.3, -0.25) is 4.98 Å². The molecule has 2 aliphatic rings. The van der Waals surface area contributed by atoms with Gasteiger partial charge in [-0.15, -0.1) is 0 Å². The summed E-state index contributed by atoms with van der Waals surface area (Å²) in [5.74, 6) is 1.16. The van der Waals surface area contributed by atoms with E-state index in [1.54, 1.807) is 0 Å². The Hall–Kier alpha value is -1.36. The average molecular weight is 333 g/mol. The van der Waals surface area contributed by atoms with Crippen LogP contribution in [-0.2, 0) is 12.0 Å². The Labute approximate surface area is 126 Å². The van der Waals surface area contributed by atoms with Gasteiger partial charge in [0.1, 0.15) is 5.82 Å². The van der Waals surface area contributed by atoms with Crippen LogP contribution in [0.4, 0.5) is 5.82 Å². The van der Waals surface area contributed by atoms with Crippen LogP contribution in [0.25, 0.3) is 0 Å². The van der Waals surface area contributed by atoms with Crippen LogP contribution < -0.4 is 5.32 Å². The zero-order chi connectivity index (χ0) is 13.6. The third-order valence-corrected chi connectivity index (χ3v) is 5.02. The summed E-state index contributed by atoms with van der Waals surface area (Å²) in [4.78, 5) is 4.64. The predicted molar refractivity (Wildman–Crippen MR) is 81.9 cm³/mol. The van der Waals surface area contributed by atoms with E-state index in [1.807, 2.05) is 6.20 Å². The molecule has 3 heterocycles. The molecule has 20 heavy (non-hydrogen) atoms. The number of nitrogens with zero attached hydrogens (tertiary/aromatic N) is 3. The molecule has 1 saturated carbocycles. The first kappa shape index (κ1) is 12.4. The second-order valence-electron chi connectivity index (χ2n) is 5.72. The molecular weight excluding hydrogens is 316 g/mol. The number of fused-ring (bicyclic) bond motifs is 1. The Morgan fingerprint density at radius 3 is 2.75 bits per heavy atom. The third kappa shape index (κ3) is 1.79. The monoisotopic (exact) mass is 332 g/mol. The number of hydrogen-bond donors (Lipinski definition) is 1. The first-order valence-corrected chi connectivity index (χ1v) is 8.01. The van der Waals surface area contributed by atoms with Gasteiger partial charge >= 0.3 is 0 Å². The standard InChI is InChI=1S/C15H17BrN4/c16-11-3-4-12(18-10-11)15(5-1-6-15)13-9-14-17-7-2-8-20(14)19-13/h3-4,9-10,17H,1-2,5-8H2. The van der Waals surface area contributed by atoms with Gasteiger partial charge in [0.25, 0.3) is 0 Å². The molecule has 0 unspecified atom stereocenters. The first-order valence-electron chi connectivity index (χ1n) is 7.22. The Morgan fingerprint density at radius 1 is 1.20 bits per heavy atom. The van der Waals surface area contributed by atoms with Crippen LogP contribution in [0.3, 0.4) is 0 Å². The van der Waals surface area contributed by atoms with Crippen LogP contribution in [0.5, 0.6) is 0 Å². The summed E-state index contributed by atoms with van der Waals surface area (Å²) in [5, 5.41) is 8.28. The molecule has 2 aromatic heterocycles. The molecule has 0 aromatic carbocycles. The normalized spacial score (nSPS) is 19.9. The van der Waals surface area contributed by atoms with Crippen LogP contribution in [0.1, 0.15) is 37.1 Å². The summed E-state index contributed by atoms with van der Waals surface area (Å²) in [6.07, 6.45) is 6.60. The van der Waals surface area contributed by atoms with Crippen molar-refractivity contribution in [2.45, 2.75) is 37.6 Å². The van der Waals surface area contributed by atoms with Crippen molar-refractivity contribution in [2.75, 3.05) is 11.9 Å². The largest absolute Gasteiger partial charge is 0.370 e. The highest BCUT2D eigenvalue weighted by atomic mass is 79.9. The molecule has 0 saturated heterocycles. The van der Waals surface area contributed by atoms with Crippen LogP contribution in [-0.4, -0.2) is 21.3 Å². The molecule has 2 aromatic rings. The molecule has 0 radical (unpaired) electrons. The molecule has 1 aliphatic heterocycles. The van der Waals surface area contributed by atoms with E-state index in [4.69, 9.17) is 5.10 Å². The Kier molecular flexibility index (Phi) is 2.84. The molecule has 4 rings (SSSR count). The van der Waals surface area contributed by atoms with Gasteiger partial charge in [0, 0.05) is 29.8 Å². The average Bonchev–Trinajstić information content (AvgIpc) is 2.83. The zero-order valence-electron chi connectivity index (χ0n) is 11.3. The van der Waals surface area contributed by atoms with E-state index in [0.29, 0.717) is 0 Å². The molecule has 0 bridgehead atoms. The summed E-state index contributed by atoms with van der Waals surface area (Å²) in [6.45, 7) is 2.07. The minimum atomic E-state index is 0.0344. The van der Waals surface area contributed by atoms with E-state index in [0.717, 1.165) is 48.3 Å². The predicted octanol–water partition coefficient (Wildman–Crippen LogP) is 3.33. The van der Waals surface area contributed by atoms with Crippen LogP contribution >= 0.6 is 15.9 Å². The topological polar surface area (TPSA) is 42.7 Å². The zero-order valence-corrected chi connectivity index (χ0v) is 12.9. The van der Waals surface area contributed by atoms with Crippen molar-refractivity contribution < 1.29 is 0 Å². The minimum absolute atomic E-state index is 0.0344. The summed E-state index contributed by atoms with van der Waals surface area (Å²) < 4.78 is 3.14. The van der Waals surface area contributed by atoms with Crippen molar-refractivity contribution in [2.24, 2.45) is 0 Å². The summed E-state index contributed by atoms with van der Waals surface area (Å²) in [7, 11) is 0. The maximum Gasteiger partial charge on any atom is 0.124 e. The number of halogens is 1. The van der Waals surface area contributed by atoms with Gasteiger partial charge in [0.05, 0.1) is 16.8 Å². The lowest BCUT2D eigenvalue weighted by Crippen LogP contribution is -2.37. The Balaban J connectivity index is 1.77. The van der Waals surface area contributed by atoms with Crippen LogP contribution in [0.15, 0.2) is 28.9 Å². The quantitative estimate of drug-likeness (QED) is 0.917. The molecule has 104 valence electrons. The Bertz CT molecular complexity index is 604. The lowest BCUT2D eigenvalue weighted by Gasteiger charge is -2.40. The summed E-state index contributed by atoms with van der Waals surface area (Å²) >= 11 is 3.46. The molecule has 1 aliphatic carbocycles.